The number of Topliss-reactive ketones (excluding diaryl/α,β-unsaturated/α-hetero) is 1. The van der Waals surface area contributed by atoms with Gasteiger partial charge in [0.25, 0.3) is 5.91 Å². The highest BCUT2D eigenvalue weighted by atomic mass is 35.5. The van der Waals surface area contributed by atoms with Crippen LogP contribution in [0.25, 0.3) is 11.0 Å². The first-order valence-electron chi connectivity index (χ1n) is 10.1. The maximum Gasteiger partial charge on any atom is 0.290 e. The third kappa shape index (κ3) is 3.56. The largest absolute Gasteiger partial charge is 0.503 e. The number of methoxy groups -OCH3 is 1. The zero-order valence-electron chi connectivity index (χ0n) is 17.4. The summed E-state index contributed by atoms with van der Waals surface area (Å²) in [5.41, 5.74) is 0.918. The fourth-order valence-electron chi connectivity index (χ4n) is 4.09. The summed E-state index contributed by atoms with van der Waals surface area (Å²) in [4.78, 5) is 28.1. The lowest BCUT2D eigenvalue weighted by molar-refractivity contribution is -0.130. The van der Waals surface area contributed by atoms with Crippen LogP contribution in [0.4, 0.5) is 0 Å². The Kier molecular flexibility index (Phi) is 5.18. The van der Waals surface area contributed by atoms with E-state index in [1.54, 1.807) is 60.7 Å². The Balaban J connectivity index is 1.63. The predicted octanol–water partition coefficient (Wildman–Crippen LogP) is 5.47. The van der Waals surface area contributed by atoms with Gasteiger partial charge in [0.1, 0.15) is 17.1 Å². The highest BCUT2D eigenvalue weighted by molar-refractivity contribution is 6.31. The number of benzene rings is 2. The molecule has 0 spiro atoms. The van der Waals surface area contributed by atoms with Crippen LogP contribution in [-0.4, -0.2) is 28.8 Å². The quantitative estimate of drug-likeness (QED) is 0.381. The Morgan fingerprint density at radius 2 is 1.97 bits per heavy atom. The van der Waals surface area contributed by atoms with Crippen molar-refractivity contribution in [3.8, 4) is 5.75 Å². The number of furan rings is 2. The lowest BCUT2D eigenvalue weighted by Gasteiger charge is -2.27. The minimum absolute atomic E-state index is 0.0126. The Morgan fingerprint density at radius 1 is 1.15 bits per heavy atom. The molecule has 1 unspecified atom stereocenters. The van der Waals surface area contributed by atoms with E-state index in [1.807, 2.05) is 0 Å². The van der Waals surface area contributed by atoms with Crippen LogP contribution in [0.3, 0.4) is 0 Å². The van der Waals surface area contributed by atoms with Crippen molar-refractivity contribution in [2.45, 2.75) is 12.6 Å². The van der Waals surface area contributed by atoms with E-state index in [2.05, 4.69) is 0 Å². The van der Waals surface area contributed by atoms with Crippen LogP contribution in [0.1, 0.15) is 27.9 Å². The van der Waals surface area contributed by atoms with E-state index in [1.165, 1.54) is 18.3 Å². The molecule has 0 bridgehead atoms. The Labute approximate surface area is 193 Å². The molecular formula is C25H18ClNO6. The lowest BCUT2D eigenvalue weighted by Crippen LogP contribution is -2.30. The van der Waals surface area contributed by atoms with E-state index >= 15 is 0 Å². The maximum atomic E-state index is 13.6. The van der Waals surface area contributed by atoms with Crippen LogP contribution in [0.5, 0.6) is 5.75 Å². The number of ether oxygens (including phenoxy) is 1. The Bertz CT molecular complexity index is 1400. The molecule has 0 saturated heterocycles. The van der Waals surface area contributed by atoms with Crippen LogP contribution in [0.2, 0.25) is 5.02 Å². The zero-order valence-corrected chi connectivity index (χ0v) is 18.2. The molecular weight excluding hydrogens is 446 g/mol. The standard InChI is InChI=1S/C25H18ClNO6/c1-31-19-7-3-2-6-17(19)22-21(24(29)25(30)27(22)13-16-5-4-10-32-16)23(28)20-12-14-11-15(26)8-9-18(14)33-20/h2-12,22,29H,13H2,1H3. The van der Waals surface area contributed by atoms with Gasteiger partial charge in [-0.1, -0.05) is 29.8 Å². The van der Waals surface area contributed by atoms with E-state index in [-0.39, 0.29) is 17.9 Å². The van der Waals surface area contributed by atoms with E-state index in [9.17, 15) is 14.7 Å². The SMILES string of the molecule is COc1ccccc1C1C(C(=O)c2cc3cc(Cl)ccc3o2)=C(O)C(=O)N1Cc1ccco1. The molecule has 1 aliphatic heterocycles. The average molecular weight is 464 g/mol. The van der Waals surface area contributed by atoms with Crippen molar-refractivity contribution in [3.05, 3.63) is 100 Å². The number of hydrogen-bond donors (Lipinski definition) is 1. The maximum absolute atomic E-state index is 13.6. The molecule has 0 saturated carbocycles. The summed E-state index contributed by atoms with van der Waals surface area (Å²) in [6, 6.07) is 16.1. The number of fused-ring (bicyclic) bond motifs is 1. The van der Waals surface area contributed by atoms with Crippen molar-refractivity contribution in [2.75, 3.05) is 7.11 Å². The van der Waals surface area contributed by atoms with Gasteiger partial charge >= 0.3 is 0 Å². The molecule has 2 aromatic heterocycles. The summed E-state index contributed by atoms with van der Waals surface area (Å²) in [5, 5.41) is 12.0. The number of rotatable bonds is 6. The van der Waals surface area contributed by atoms with Crippen molar-refractivity contribution < 1.29 is 28.3 Å². The summed E-state index contributed by atoms with van der Waals surface area (Å²) < 4.78 is 16.6. The molecule has 1 aliphatic rings. The minimum Gasteiger partial charge on any atom is -0.503 e. The van der Waals surface area contributed by atoms with Crippen LogP contribution in [0, 0.1) is 0 Å². The van der Waals surface area contributed by atoms with E-state index in [0.29, 0.717) is 33.1 Å². The number of hydrogen-bond acceptors (Lipinski definition) is 6. The summed E-state index contributed by atoms with van der Waals surface area (Å²) >= 11 is 6.05. The molecule has 166 valence electrons. The van der Waals surface area contributed by atoms with E-state index < -0.39 is 23.5 Å². The number of carbonyl (C=O) groups excluding carboxylic acids is 2. The van der Waals surface area contributed by atoms with Gasteiger partial charge in [0, 0.05) is 16.0 Å². The molecule has 1 atom stereocenters. The first kappa shape index (κ1) is 20.9. The third-order valence-electron chi connectivity index (χ3n) is 5.59. The molecule has 0 fully saturated rings. The molecule has 1 amide bonds. The molecule has 33 heavy (non-hydrogen) atoms. The van der Waals surface area contributed by atoms with Gasteiger partial charge in [-0.25, -0.2) is 0 Å². The number of aliphatic hydroxyl groups excluding tert-OH is 1. The van der Waals surface area contributed by atoms with Crippen molar-refractivity contribution in [1.82, 2.24) is 4.90 Å². The van der Waals surface area contributed by atoms with Gasteiger partial charge in [-0.15, -0.1) is 0 Å². The smallest absolute Gasteiger partial charge is 0.290 e. The van der Waals surface area contributed by atoms with Gasteiger partial charge in [-0.3, -0.25) is 9.59 Å². The molecule has 5 rings (SSSR count). The van der Waals surface area contributed by atoms with Crippen LogP contribution in [0.15, 0.2) is 87.1 Å². The summed E-state index contributed by atoms with van der Waals surface area (Å²) in [5.74, 6) is -0.975. The van der Waals surface area contributed by atoms with E-state index in [0.717, 1.165) is 0 Å². The van der Waals surface area contributed by atoms with Crippen molar-refractivity contribution >= 4 is 34.3 Å². The van der Waals surface area contributed by atoms with Crippen LogP contribution >= 0.6 is 11.6 Å². The van der Waals surface area contributed by atoms with Crippen LogP contribution < -0.4 is 4.74 Å². The minimum atomic E-state index is -0.914. The molecule has 3 heterocycles. The number of carbonyl (C=O) groups is 2. The van der Waals surface area contributed by atoms with E-state index in [4.69, 9.17) is 25.2 Å². The van der Waals surface area contributed by atoms with Gasteiger partial charge in [-0.2, -0.15) is 0 Å². The van der Waals surface area contributed by atoms with Crippen molar-refractivity contribution in [2.24, 2.45) is 0 Å². The van der Waals surface area contributed by atoms with Crippen molar-refractivity contribution in [1.29, 1.82) is 0 Å². The van der Waals surface area contributed by atoms with Gasteiger partial charge in [-0.05, 0) is 42.5 Å². The average Bonchev–Trinajstić information content (AvgIpc) is 3.54. The Hall–Kier alpha value is -3.97. The fraction of sp³-hybridized carbons (Fsp3) is 0.120. The number of aliphatic hydroxyl groups is 1. The molecule has 4 aromatic rings. The van der Waals surface area contributed by atoms with Gasteiger partial charge in [0.2, 0.25) is 5.78 Å². The number of nitrogens with zero attached hydrogens (tertiary/aromatic N) is 1. The van der Waals surface area contributed by atoms with Gasteiger partial charge in [0.15, 0.2) is 11.5 Å². The van der Waals surface area contributed by atoms with Crippen molar-refractivity contribution in [3.63, 3.8) is 0 Å². The highest BCUT2D eigenvalue weighted by Crippen LogP contribution is 2.43. The summed E-state index contributed by atoms with van der Waals surface area (Å²) in [6.07, 6.45) is 1.49. The Morgan fingerprint density at radius 3 is 2.73 bits per heavy atom. The second-order valence-corrected chi connectivity index (χ2v) is 7.98. The first-order chi connectivity index (χ1) is 16.0. The lowest BCUT2D eigenvalue weighted by atomic mass is 9.94. The van der Waals surface area contributed by atoms with Gasteiger partial charge in [0.05, 0.1) is 31.5 Å². The fourth-order valence-corrected chi connectivity index (χ4v) is 4.27. The molecule has 1 N–H and O–H groups in total. The van der Waals surface area contributed by atoms with Crippen LogP contribution in [-0.2, 0) is 11.3 Å². The molecule has 0 aliphatic carbocycles. The molecule has 7 nitrogen and oxygen atoms in total. The number of halogens is 1. The highest BCUT2D eigenvalue weighted by Gasteiger charge is 2.45. The third-order valence-corrected chi connectivity index (χ3v) is 5.83. The summed E-state index contributed by atoms with van der Waals surface area (Å²) in [7, 11) is 1.50. The number of ketones is 1. The first-order valence-corrected chi connectivity index (χ1v) is 10.5. The number of para-hydroxylation sites is 1. The second-order valence-electron chi connectivity index (χ2n) is 7.54. The molecule has 2 aromatic carbocycles. The molecule has 8 heteroatoms. The normalized spacial score (nSPS) is 16.1. The zero-order chi connectivity index (χ0) is 23.1. The number of amides is 1. The predicted molar refractivity (Wildman–Crippen MR) is 120 cm³/mol. The monoisotopic (exact) mass is 463 g/mol. The topological polar surface area (TPSA) is 93.1 Å². The van der Waals surface area contributed by atoms with Gasteiger partial charge < -0.3 is 23.6 Å². The molecule has 0 radical (unpaired) electrons. The second kappa shape index (κ2) is 8.18. The summed E-state index contributed by atoms with van der Waals surface area (Å²) in [6.45, 7) is 0.0468.